The van der Waals surface area contributed by atoms with Gasteiger partial charge in [0.15, 0.2) is 0 Å². The number of amides is 1. The Bertz CT molecular complexity index is 1520. The van der Waals surface area contributed by atoms with Crippen molar-refractivity contribution >= 4 is 28.0 Å². The van der Waals surface area contributed by atoms with E-state index in [2.05, 4.69) is 5.32 Å². The molecule has 0 unspecified atom stereocenters. The number of benzene rings is 3. The molecule has 2 aromatic heterocycles. The van der Waals surface area contributed by atoms with Crippen LogP contribution in [0.5, 0.6) is 11.5 Å². The molecule has 5 aromatic rings. The highest BCUT2D eigenvalue weighted by molar-refractivity contribution is 6.15. The van der Waals surface area contributed by atoms with Gasteiger partial charge in [0.2, 0.25) is 0 Å². The third kappa shape index (κ3) is 3.83. The third-order valence-corrected chi connectivity index (χ3v) is 5.84. The number of imidazole rings is 1. The molecule has 0 aliphatic carbocycles. The van der Waals surface area contributed by atoms with Crippen molar-refractivity contribution in [3.63, 3.8) is 0 Å². The van der Waals surface area contributed by atoms with Crippen molar-refractivity contribution in [2.24, 2.45) is 0 Å². The van der Waals surface area contributed by atoms with Crippen molar-refractivity contribution in [3.8, 4) is 22.8 Å². The summed E-state index contributed by atoms with van der Waals surface area (Å²) in [6, 6.07) is 21.3. The molecule has 0 aliphatic heterocycles. The van der Waals surface area contributed by atoms with Gasteiger partial charge in [0.05, 0.1) is 30.7 Å². The largest absolute Gasteiger partial charge is 0.495 e. The minimum atomic E-state index is -0.262. The van der Waals surface area contributed by atoms with Crippen LogP contribution in [0.4, 0.5) is 5.69 Å². The molecule has 0 spiro atoms. The highest BCUT2D eigenvalue weighted by Gasteiger charge is 2.19. The van der Waals surface area contributed by atoms with Gasteiger partial charge in [0, 0.05) is 18.0 Å². The summed E-state index contributed by atoms with van der Waals surface area (Å²) in [5, 5.41) is 4.85. The molecule has 1 N–H and O–H groups in total. The van der Waals surface area contributed by atoms with E-state index in [9.17, 15) is 4.79 Å². The van der Waals surface area contributed by atoms with Crippen molar-refractivity contribution in [2.45, 2.75) is 13.8 Å². The summed E-state index contributed by atoms with van der Waals surface area (Å²) in [6.45, 7) is 4.40. The number of nitrogens with zero attached hydrogens (tertiary/aromatic N) is 2. The van der Waals surface area contributed by atoms with E-state index in [1.54, 1.807) is 7.11 Å². The van der Waals surface area contributed by atoms with Crippen molar-refractivity contribution in [1.82, 2.24) is 9.38 Å². The van der Waals surface area contributed by atoms with Crippen LogP contribution in [0.15, 0.2) is 79.1 Å². The second-order valence-corrected chi connectivity index (χ2v) is 8.01. The minimum absolute atomic E-state index is 0.262. The van der Waals surface area contributed by atoms with Gasteiger partial charge in [-0.2, -0.15) is 0 Å². The van der Waals surface area contributed by atoms with Crippen molar-refractivity contribution in [2.75, 3.05) is 19.0 Å². The van der Waals surface area contributed by atoms with Gasteiger partial charge >= 0.3 is 0 Å². The van der Waals surface area contributed by atoms with Crippen LogP contribution in [0.3, 0.4) is 0 Å². The van der Waals surface area contributed by atoms with Crippen LogP contribution in [0.25, 0.3) is 27.7 Å². The van der Waals surface area contributed by atoms with Crippen LogP contribution in [-0.4, -0.2) is 29.0 Å². The highest BCUT2D eigenvalue weighted by atomic mass is 16.5. The second kappa shape index (κ2) is 8.90. The van der Waals surface area contributed by atoms with E-state index in [1.807, 2.05) is 97.4 Å². The molecular formula is C28H25N3O3. The number of aryl methyl sites for hydroxylation is 1. The Morgan fingerprint density at radius 2 is 1.85 bits per heavy atom. The second-order valence-electron chi connectivity index (χ2n) is 8.01. The van der Waals surface area contributed by atoms with E-state index in [-0.39, 0.29) is 5.91 Å². The van der Waals surface area contributed by atoms with Gasteiger partial charge in [-0.25, -0.2) is 4.98 Å². The van der Waals surface area contributed by atoms with E-state index >= 15 is 0 Å². The fraction of sp³-hybridized carbons (Fsp3) is 0.143. The topological polar surface area (TPSA) is 64.9 Å². The van der Waals surface area contributed by atoms with Crippen molar-refractivity contribution in [3.05, 3.63) is 90.3 Å². The molecule has 2 heterocycles. The summed E-state index contributed by atoms with van der Waals surface area (Å²) in [5.74, 6) is 0.849. The highest BCUT2D eigenvalue weighted by Crippen LogP contribution is 2.33. The van der Waals surface area contributed by atoms with E-state index < -0.39 is 0 Å². The molecule has 0 saturated heterocycles. The first-order valence-electron chi connectivity index (χ1n) is 11.2. The lowest BCUT2D eigenvalue weighted by Crippen LogP contribution is -2.15. The quantitative estimate of drug-likeness (QED) is 0.338. The fourth-order valence-electron chi connectivity index (χ4n) is 4.20. The van der Waals surface area contributed by atoms with Crippen LogP contribution < -0.4 is 14.8 Å². The van der Waals surface area contributed by atoms with Crippen LogP contribution in [0.1, 0.15) is 22.8 Å². The Kier molecular flexibility index (Phi) is 5.64. The fourth-order valence-corrected chi connectivity index (χ4v) is 4.20. The summed E-state index contributed by atoms with van der Waals surface area (Å²) in [7, 11) is 1.59. The molecule has 0 fully saturated rings. The molecule has 0 aliphatic rings. The molecule has 0 atom stereocenters. The predicted octanol–water partition coefficient (Wildman–Crippen LogP) is 6.12. The number of anilines is 1. The molecule has 5 rings (SSSR count). The molecule has 6 nitrogen and oxygen atoms in total. The first-order valence-corrected chi connectivity index (χ1v) is 11.2. The smallest absolute Gasteiger partial charge is 0.260 e. The number of carbonyl (C=O) groups excluding carboxylic acids is 1. The maximum absolute atomic E-state index is 13.6. The number of carbonyl (C=O) groups is 1. The monoisotopic (exact) mass is 451 g/mol. The Labute approximate surface area is 197 Å². The summed E-state index contributed by atoms with van der Waals surface area (Å²) >= 11 is 0. The standard InChI is InChI=1S/C28H25N3O3/c1-4-34-25-14-11-19-9-5-6-10-21(19)26(25)28(32)30-22-16-20(12-13-24(22)33-3)23-17-31-15-7-8-18(2)27(31)29-23/h5-17H,4H2,1-3H3,(H,30,32). The van der Waals surface area contributed by atoms with Gasteiger partial charge in [0.1, 0.15) is 17.1 Å². The number of hydrogen-bond acceptors (Lipinski definition) is 4. The first kappa shape index (κ1) is 21.5. The zero-order valence-corrected chi connectivity index (χ0v) is 19.3. The first-order chi connectivity index (χ1) is 16.6. The molecule has 170 valence electrons. The molecule has 0 bridgehead atoms. The average Bonchev–Trinajstić information content (AvgIpc) is 3.30. The third-order valence-electron chi connectivity index (χ3n) is 5.84. The lowest BCUT2D eigenvalue weighted by molar-refractivity contribution is 0.102. The van der Waals surface area contributed by atoms with Crippen LogP contribution >= 0.6 is 0 Å². The Balaban J connectivity index is 1.56. The van der Waals surface area contributed by atoms with E-state index in [4.69, 9.17) is 14.5 Å². The number of pyridine rings is 1. The summed E-state index contributed by atoms with van der Waals surface area (Å²) < 4.78 is 13.3. The molecule has 0 radical (unpaired) electrons. The van der Waals surface area contributed by atoms with Gasteiger partial charge < -0.3 is 19.2 Å². The predicted molar refractivity (Wildman–Crippen MR) is 135 cm³/mol. The number of fused-ring (bicyclic) bond motifs is 2. The maximum Gasteiger partial charge on any atom is 0.260 e. The molecule has 3 aromatic carbocycles. The van der Waals surface area contributed by atoms with Crippen LogP contribution in [0, 0.1) is 6.92 Å². The van der Waals surface area contributed by atoms with Crippen molar-refractivity contribution in [1.29, 1.82) is 0 Å². The van der Waals surface area contributed by atoms with Gasteiger partial charge in [0.25, 0.3) is 5.91 Å². The van der Waals surface area contributed by atoms with E-state index in [0.29, 0.717) is 29.4 Å². The summed E-state index contributed by atoms with van der Waals surface area (Å²) in [5.41, 5.74) is 4.74. The number of rotatable bonds is 6. The van der Waals surface area contributed by atoms with Gasteiger partial charge in [-0.3, -0.25) is 4.79 Å². The lowest BCUT2D eigenvalue weighted by atomic mass is 10.0. The number of methoxy groups -OCH3 is 1. The van der Waals surface area contributed by atoms with E-state index in [1.165, 1.54) is 0 Å². The maximum atomic E-state index is 13.6. The van der Waals surface area contributed by atoms with Gasteiger partial charge in [-0.15, -0.1) is 0 Å². The minimum Gasteiger partial charge on any atom is -0.495 e. The molecule has 1 amide bonds. The Hall–Kier alpha value is -4.32. The zero-order valence-electron chi connectivity index (χ0n) is 19.3. The molecule has 34 heavy (non-hydrogen) atoms. The summed E-state index contributed by atoms with van der Waals surface area (Å²) in [4.78, 5) is 18.3. The Morgan fingerprint density at radius 1 is 1.03 bits per heavy atom. The normalized spacial score (nSPS) is 11.0. The molecular weight excluding hydrogens is 426 g/mol. The zero-order chi connectivity index (χ0) is 23.7. The van der Waals surface area contributed by atoms with Gasteiger partial charge in [-0.05, 0) is 60.5 Å². The van der Waals surface area contributed by atoms with Crippen LogP contribution in [0.2, 0.25) is 0 Å². The molecule has 6 heteroatoms. The number of nitrogens with one attached hydrogen (secondary N) is 1. The SMILES string of the molecule is CCOc1ccc2ccccc2c1C(=O)Nc1cc(-c2cn3cccc(C)c3n2)ccc1OC. The lowest BCUT2D eigenvalue weighted by Gasteiger charge is -2.15. The number of hydrogen-bond donors (Lipinski definition) is 1. The Morgan fingerprint density at radius 3 is 2.65 bits per heavy atom. The molecule has 0 saturated carbocycles. The van der Waals surface area contributed by atoms with Crippen LogP contribution in [-0.2, 0) is 0 Å². The van der Waals surface area contributed by atoms with Crippen molar-refractivity contribution < 1.29 is 14.3 Å². The average molecular weight is 452 g/mol. The van der Waals surface area contributed by atoms with E-state index in [0.717, 1.165) is 33.2 Å². The van der Waals surface area contributed by atoms with Gasteiger partial charge in [-0.1, -0.05) is 36.4 Å². The number of aromatic nitrogens is 2. The summed E-state index contributed by atoms with van der Waals surface area (Å²) in [6.07, 6.45) is 3.95. The number of ether oxygens (including phenoxy) is 2.